The van der Waals surface area contributed by atoms with Crippen LogP contribution in [0.1, 0.15) is 6.42 Å². The van der Waals surface area contributed by atoms with Gasteiger partial charge in [0.05, 0.1) is 12.6 Å². The number of thioether (sulfide) groups is 1. The summed E-state index contributed by atoms with van der Waals surface area (Å²) in [5.74, 6) is 2.95. The van der Waals surface area contributed by atoms with Crippen molar-refractivity contribution in [2.75, 3.05) is 31.7 Å². The minimum absolute atomic E-state index is 0.220. The van der Waals surface area contributed by atoms with E-state index in [1.807, 2.05) is 17.8 Å². The topological polar surface area (TPSA) is 32.7 Å². The maximum atomic E-state index is 10.1. The first-order valence-electron chi connectivity index (χ1n) is 5.08. The smallest absolute Gasteiger partial charge is 0.127 e. The van der Waals surface area contributed by atoms with Gasteiger partial charge in [0.2, 0.25) is 0 Å². The summed E-state index contributed by atoms with van der Waals surface area (Å²) in [5.41, 5.74) is 0. The third-order valence-corrected chi connectivity index (χ3v) is 3.88. The first-order valence-corrected chi connectivity index (χ1v) is 6.23. The van der Waals surface area contributed by atoms with Crippen molar-refractivity contribution in [3.05, 3.63) is 11.8 Å². The van der Waals surface area contributed by atoms with Crippen LogP contribution in [0.4, 0.5) is 0 Å². The van der Waals surface area contributed by atoms with Crippen LogP contribution in [0.3, 0.4) is 0 Å². The Kier molecular flexibility index (Phi) is 3.36. The molecule has 0 amide bonds. The molecule has 0 saturated carbocycles. The first kappa shape index (κ1) is 10.3. The van der Waals surface area contributed by atoms with Crippen molar-refractivity contribution >= 4 is 11.8 Å². The number of hydrogen-bond donors (Lipinski definition) is 1. The highest BCUT2D eigenvalue weighted by Crippen LogP contribution is 2.23. The largest absolute Gasteiger partial charge is 0.495 e. The van der Waals surface area contributed by atoms with Crippen LogP contribution in [-0.2, 0) is 4.74 Å². The summed E-state index contributed by atoms with van der Waals surface area (Å²) in [5, 5.41) is 10.1. The number of ether oxygens (including phenoxy) is 1. The van der Waals surface area contributed by atoms with Crippen molar-refractivity contribution < 1.29 is 9.84 Å². The molecule has 0 bridgehead atoms. The lowest BCUT2D eigenvalue weighted by Crippen LogP contribution is -2.47. The maximum Gasteiger partial charge on any atom is 0.127 e. The molecule has 4 heteroatoms. The molecule has 0 radical (unpaired) electrons. The summed E-state index contributed by atoms with van der Waals surface area (Å²) >= 11 is 1.91. The molecule has 0 aliphatic carbocycles. The van der Waals surface area contributed by atoms with Gasteiger partial charge in [-0.3, -0.25) is 4.90 Å². The van der Waals surface area contributed by atoms with Crippen LogP contribution in [0, 0.1) is 0 Å². The summed E-state index contributed by atoms with van der Waals surface area (Å²) in [6.07, 6.45) is 2.52. The second-order valence-corrected chi connectivity index (χ2v) is 4.96. The van der Waals surface area contributed by atoms with Gasteiger partial charge in [-0.2, -0.15) is 11.8 Å². The zero-order valence-electron chi connectivity index (χ0n) is 8.48. The molecule has 2 unspecified atom stereocenters. The number of rotatable bonds is 2. The normalized spacial score (nSPS) is 31.0. The molecule has 2 heterocycles. The number of hydrogen-bond acceptors (Lipinski definition) is 4. The number of aliphatic hydroxyl groups is 1. The van der Waals surface area contributed by atoms with Gasteiger partial charge in [-0.25, -0.2) is 0 Å². The Morgan fingerprint density at radius 1 is 1.71 bits per heavy atom. The molecular formula is C10H17NO2S. The van der Waals surface area contributed by atoms with E-state index < -0.39 is 6.10 Å². The second kappa shape index (κ2) is 4.55. The monoisotopic (exact) mass is 215 g/mol. The standard InChI is InChI=1S/C10H17NO2S/c1-11-4-6-14-7-8(11)10(12)9-3-2-5-13-9/h3,8,10,12H,2,4-7H2,1H3. The molecular weight excluding hydrogens is 198 g/mol. The Morgan fingerprint density at radius 3 is 3.21 bits per heavy atom. The van der Waals surface area contributed by atoms with Crippen molar-refractivity contribution in [1.29, 1.82) is 0 Å². The minimum atomic E-state index is -0.435. The van der Waals surface area contributed by atoms with E-state index in [9.17, 15) is 5.11 Å². The van der Waals surface area contributed by atoms with E-state index in [0.717, 1.165) is 31.1 Å². The van der Waals surface area contributed by atoms with Gasteiger partial charge in [0, 0.05) is 24.5 Å². The van der Waals surface area contributed by atoms with E-state index in [-0.39, 0.29) is 6.04 Å². The van der Waals surface area contributed by atoms with Gasteiger partial charge in [0.15, 0.2) is 0 Å². The second-order valence-electron chi connectivity index (χ2n) is 3.81. The van der Waals surface area contributed by atoms with E-state index in [4.69, 9.17) is 4.74 Å². The highest BCUT2D eigenvalue weighted by Gasteiger charge is 2.30. The van der Waals surface area contributed by atoms with Gasteiger partial charge in [-0.05, 0) is 13.1 Å². The van der Waals surface area contributed by atoms with E-state index >= 15 is 0 Å². The van der Waals surface area contributed by atoms with Crippen LogP contribution in [0.15, 0.2) is 11.8 Å². The van der Waals surface area contributed by atoms with Crippen LogP contribution in [0.25, 0.3) is 0 Å². The fraction of sp³-hybridized carbons (Fsp3) is 0.800. The predicted molar refractivity (Wildman–Crippen MR) is 58.4 cm³/mol. The van der Waals surface area contributed by atoms with E-state index in [0.29, 0.717) is 0 Å². The van der Waals surface area contributed by atoms with Gasteiger partial charge in [-0.15, -0.1) is 0 Å². The SMILES string of the molecule is CN1CCSCC1C(O)C1=CCCO1. The number of aliphatic hydroxyl groups excluding tert-OH is 1. The zero-order valence-corrected chi connectivity index (χ0v) is 9.30. The maximum absolute atomic E-state index is 10.1. The van der Waals surface area contributed by atoms with Gasteiger partial charge in [0.25, 0.3) is 0 Å². The average molecular weight is 215 g/mol. The third-order valence-electron chi connectivity index (χ3n) is 2.83. The van der Waals surface area contributed by atoms with Crippen LogP contribution in [0.5, 0.6) is 0 Å². The molecule has 0 aromatic carbocycles. The molecule has 1 saturated heterocycles. The Hall–Kier alpha value is -0.190. The molecule has 2 aliphatic heterocycles. The molecule has 0 aromatic heterocycles. The molecule has 0 aromatic rings. The summed E-state index contributed by atoms with van der Waals surface area (Å²) in [4.78, 5) is 2.23. The lowest BCUT2D eigenvalue weighted by molar-refractivity contribution is 0.0541. The van der Waals surface area contributed by atoms with E-state index in [1.54, 1.807) is 0 Å². The highest BCUT2D eigenvalue weighted by molar-refractivity contribution is 7.99. The lowest BCUT2D eigenvalue weighted by Gasteiger charge is -2.35. The van der Waals surface area contributed by atoms with E-state index in [2.05, 4.69) is 11.9 Å². The molecule has 2 aliphatic rings. The van der Waals surface area contributed by atoms with E-state index in [1.165, 1.54) is 5.75 Å². The molecule has 2 rings (SSSR count). The minimum Gasteiger partial charge on any atom is -0.495 e. The first-order chi connectivity index (χ1) is 6.79. The van der Waals surface area contributed by atoms with Crippen molar-refractivity contribution in [3.63, 3.8) is 0 Å². The molecule has 1 fully saturated rings. The van der Waals surface area contributed by atoms with Crippen LogP contribution in [-0.4, -0.2) is 53.9 Å². The summed E-state index contributed by atoms with van der Waals surface area (Å²) in [7, 11) is 2.07. The van der Waals surface area contributed by atoms with Crippen molar-refractivity contribution in [1.82, 2.24) is 4.90 Å². The highest BCUT2D eigenvalue weighted by atomic mass is 32.2. The molecule has 14 heavy (non-hydrogen) atoms. The Bertz CT molecular complexity index is 232. The quantitative estimate of drug-likeness (QED) is 0.735. The van der Waals surface area contributed by atoms with Crippen LogP contribution >= 0.6 is 11.8 Å². The zero-order chi connectivity index (χ0) is 9.97. The molecule has 3 nitrogen and oxygen atoms in total. The van der Waals surface area contributed by atoms with Gasteiger partial charge in [-0.1, -0.05) is 0 Å². The fourth-order valence-corrected chi connectivity index (χ4v) is 3.13. The molecule has 2 atom stereocenters. The Balaban J connectivity index is 1.98. The van der Waals surface area contributed by atoms with Crippen molar-refractivity contribution in [2.24, 2.45) is 0 Å². The average Bonchev–Trinajstić information content (AvgIpc) is 2.70. The number of nitrogens with zero attached hydrogens (tertiary/aromatic N) is 1. The third kappa shape index (κ3) is 2.07. The summed E-state index contributed by atoms with van der Waals surface area (Å²) in [6.45, 7) is 1.79. The summed E-state index contributed by atoms with van der Waals surface area (Å²) < 4.78 is 5.39. The van der Waals surface area contributed by atoms with Gasteiger partial charge >= 0.3 is 0 Å². The van der Waals surface area contributed by atoms with Crippen LogP contribution in [0.2, 0.25) is 0 Å². The van der Waals surface area contributed by atoms with Gasteiger partial charge in [0.1, 0.15) is 11.9 Å². The van der Waals surface area contributed by atoms with Crippen LogP contribution < -0.4 is 0 Å². The fourth-order valence-electron chi connectivity index (χ4n) is 1.87. The molecule has 80 valence electrons. The number of likely N-dealkylation sites (N-methyl/N-ethyl adjacent to an activating group) is 1. The van der Waals surface area contributed by atoms with Crippen molar-refractivity contribution in [3.8, 4) is 0 Å². The lowest BCUT2D eigenvalue weighted by atomic mass is 10.1. The molecule has 1 N–H and O–H groups in total. The Labute approximate surface area is 89.1 Å². The van der Waals surface area contributed by atoms with Gasteiger partial charge < -0.3 is 9.84 Å². The summed E-state index contributed by atoms with van der Waals surface area (Å²) in [6, 6.07) is 0.220. The molecule has 0 spiro atoms. The predicted octanol–water partition coefficient (Wildman–Crippen LogP) is 0.699. The Morgan fingerprint density at radius 2 is 2.57 bits per heavy atom. The van der Waals surface area contributed by atoms with Crippen molar-refractivity contribution in [2.45, 2.75) is 18.6 Å².